The third-order valence-electron chi connectivity index (χ3n) is 1.41. The molecule has 0 aliphatic heterocycles. The third kappa shape index (κ3) is 1.28. The maximum atomic E-state index is 10.2. The number of nitrogens with zero attached hydrogens (tertiary/aromatic N) is 1. The molecule has 1 aliphatic carbocycles. The van der Waals surface area contributed by atoms with E-state index >= 15 is 0 Å². The summed E-state index contributed by atoms with van der Waals surface area (Å²) in [6, 6.07) is 0.0764. The van der Waals surface area contributed by atoms with Gasteiger partial charge in [-0.15, -0.1) is 0 Å². The van der Waals surface area contributed by atoms with Crippen molar-refractivity contribution < 1.29 is 9.90 Å². The molecule has 0 spiro atoms. The molecule has 0 aromatic heterocycles. The molecule has 0 radical (unpaired) electrons. The number of carbonyl (C=O) groups is 1. The van der Waals surface area contributed by atoms with E-state index in [0.717, 1.165) is 6.42 Å². The SMILES string of the molecule is CC=NC1CC1C(=O)O. The Balaban J connectivity index is 2.33. The Morgan fingerprint density at radius 2 is 2.56 bits per heavy atom. The number of carboxylic acid groups (broad SMARTS) is 1. The van der Waals surface area contributed by atoms with Gasteiger partial charge in [-0.25, -0.2) is 0 Å². The molecule has 1 rings (SSSR count). The van der Waals surface area contributed by atoms with Crippen LogP contribution >= 0.6 is 0 Å². The van der Waals surface area contributed by atoms with Crippen LogP contribution in [0.3, 0.4) is 0 Å². The maximum Gasteiger partial charge on any atom is 0.308 e. The fourth-order valence-corrected chi connectivity index (χ4v) is 0.803. The summed E-state index contributed by atoms with van der Waals surface area (Å²) < 4.78 is 0. The predicted octanol–water partition coefficient (Wildman–Crippen LogP) is 0.550. The van der Waals surface area contributed by atoms with Gasteiger partial charge in [0, 0.05) is 0 Å². The van der Waals surface area contributed by atoms with Crippen molar-refractivity contribution in [3.8, 4) is 0 Å². The van der Waals surface area contributed by atoms with Crippen molar-refractivity contribution in [3.05, 3.63) is 0 Å². The van der Waals surface area contributed by atoms with Gasteiger partial charge in [-0.3, -0.25) is 9.79 Å². The van der Waals surface area contributed by atoms with Crippen LogP contribution in [0.5, 0.6) is 0 Å². The minimum atomic E-state index is -0.717. The van der Waals surface area contributed by atoms with Crippen LogP contribution in [0.25, 0.3) is 0 Å². The Hall–Kier alpha value is -0.860. The highest BCUT2D eigenvalue weighted by Gasteiger charge is 2.42. The molecule has 9 heavy (non-hydrogen) atoms. The fourth-order valence-electron chi connectivity index (χ4n) is 0.803. The average Bonchev–Trinajstić information content (AvgIpc) is 2.47. The Bertz CT molecular complexity index is 153. The monoisotopic (exact) mass is 127 g/mol. The smallest absolute Gasteiger partial charge is 0.308 e. The highest BCUT2D eigenvalue weighted by molar-refractivity contribution is 5.75. The van der Waals surface area contributed by atoms with Crippen molar-refractivity contribution in [2.24, 2.45) is 10.9 Å². The zero-order valence-corrected chi connectivity index (χ0v) is 5.24. The predicted molar refractivity (Wildman–Crippen MR) is 33.7 cm³/mol. The van der Waals surface area contributed by atoms with Gasteiger partial charge in [0.05, 0.1) is 12.0 Å². The van der Waals surface area contributed by atoms with Crippen LogP contribution in [-0.4, -0.2) is 23.3 Å². The first-order valence-electron chi connectivity index (χ1n) is 2.96. The van der Waals surface area contributed by atoms with E-state index in [1.165, 1.54) is 0 Å². The minimum absolute atomic E-state index is 0.0764. The lowest BCUT2D eigenvalue weighted by Gasteiger charge is -1.83. The summed E-state index contributed by atoms with van der Waals surface area (Å²) in [7, 11) is 0. The molecule has 1 N–H and O–H groups in total. The Morgan fingerprint density at radius 1 is 1.89 bits per heavy atom. The van der Waals surface area contributed by atoms with Gasteiger partial charge in [0.25, 0.3) is 0 Å². The van der Waals surface area contributed by atoms with E-state index in [-0.39, 0.29) is 12.0 Å². The van der Waals surface area contributed by atoms with Gasteiger partial charge in [-0.2, -0.15) is 0 Å². The molecule has 1 fully saturated rings. The Kier molecular flexibility index (Phi) is 1.51. The van der Waals surface area contributed by atoms with E-state index in [2.05, 4.69) is 4.99 Å². The summed E-state index contributed by atoms with van der Waals surface area (Å²) in [5.74, 6) is -0.910. The molecular weight excluding hydrogens is 118 g/mol. The van der Waals surface area contributed by atoms with Crippen molar-refractivity contribution in [1.29, 1.82) is 0 Å². The number of rotatable bonds is 2. The number of aliphatic carboxylic acids is 1. The van der Waals surface area contributed by atoms with Crippen LogP contribution in [0.4, 0.5) is 0 Å². The second kappa shape index (κ2) is 2.17. The molecule has 0 aromatic rings. The molecule has 2 atom stereocenters. The second-order valence-corrected chi connectivity index (χ2v) is 2.16. The largest absolute Gasteiger partial charge is 0.481 e. The van der Waals surface area contributed by atoms with Crippen LogP contribution in [0.15, 0.2) is 4.99 Å². The molecule has 2 unspecified atom stereocenters. The summed E-state index contributed by atoms with van der Waals surface area (Å²) in [6.07, 6.45) is 2.38. The quantitative estimate of drug-likeness (QED) is 0.551. The van der Waals surface area contributed by atoms with Crippen LogP contribution in [0.2, 0.25) is 0 Å². The van der Waals surface area contributed by atoms with Crippen LogP contribution in [0.1, 0.15) is 13.3 Å². The van der Waals surface area contributed by atoms with Gasteiger partial charge < -0.3 is 5.11 Å². The van der Waals surface area contributed by atoms with E-state index < -0.39 is 5.97 Å². The molecule has 0 bridgehead atoms. The zero-order chi connectivity index (χ0) is 6.85. The molecule has 3 nitrogen and oxygen atoms in total. The van der Waals surface area contributed by atoms with Crippen molar-refractivity contribution in [1.82, 2.24) is 0 Å². The minimum Gasteiger partial charge on any atom is -0.481 e. The Morgan fingerprint density at radius 3 is 2.89 bits per heavy atom. The highest BCUT2D eigenvalue weighted by Crippen LogP contribution is 2.33. The molecule has 1 aliphatic rings. The molecular formula is C6H9NO2. The van der Waals surface area contributed by atoms with E-state index in [1.54, 1.807) is 13.1 Å². The summed E-state index contributed by atoms with van der Waals surface area (Å²) in [5.41, 5.74) is 0. The molecule has 50 valence electrons. The normalized spacial score (nSPS) is 33.0. The lowest BCUT2D eigenvalue weighted by Crippen LogP contribution is -2.00. The van der Waals surface area contributed by atoms with E-state index in [4.69, 9.17) is 5.11 Å². The summed E-state index contributed by atoms with van der Waals surface area (Å²) in [4.78, 5) is 14.1. The summed E-state index contributed by atoms with van der Waals surface area (Å²) in [5, 5.41) is 8.38. The number of carboxylic acids is 1. The number of aliphatic imine (C=N–C) groups is 1. The first kappa shape index (κ1) is 6.26. The molecule has 0 saturated heterocycles. The van der Waals surface area contributed by atoms with E-state index in [0.29, 0.717) is 0 Å². The topological polar surface area (TPSA) is 49.7 Å². The second-order valence-electron chi connectivity index (χ2n) is 2.16. The lowest BCUT2D eigenvalue weighted by molar-refractivity contribution is -0.138. The molecule has 0 aromatic carbocycles. The molecule has 1 saturated carbocycles. The van der Waals surface area contributed by atoms with Crippen LogP contribution in [0, 0.1) is 5.92 Å². The average molecular weight is 127 g/mol. The molecule has 0 amide bonds. The molecule has 3 heteroatoms. The van der Waals surface area contributed by atoms with Gasteiger partial charge >= 0.3 is 5.97 Å². The molecule has 0 heterocycles. The van der Waals surface area contributed by atoms with E-state index in [9.17, 15) is 4.79 Å². The summed E-state index contributed by atoms with van der Waals surface area (Å²) >= 11 is 0. The van der Waals surface area contributed by atoms with Crippen LogP contribution < -0.4 is 0 Å². The van der Waals surface area contributed by atoms with Gasteiger partial charge in [0.1, 0.15) is 0 Å². The highest BCUT2D eigenvalue weighted by atomic mass is 16.4. The first-order valence-corrected chi connectivity index (χ1v) is 2.96. The lowest BCUT2D eigenvalue weighted by atomic mass is 10.4. The van der Waals surface area contributed by atoms with Gasteiger partial charge in [0.15, 0.2) is 0 Å². The number of hydrogen-bond donors (Lipinski definition) is 1. The van der Waals surface area contributed by atoms with Crippen LogP contribution in [-0.2, 0) is 4.79 Å². The standard InChI is InChI=1S/C6H9NO2/c1-2-7-5-3-4(5)6(8)9/h2,4-5H,3H2,1H3,(H,8,9). The van der Waals surface area contributed by atoms with Gasteiger partial charge in [0.2, 0.25) is 0 Å². The third-order valence-corrected chi connectivity index (χ3v) is 1.41. The maximum absolute atomic E-state index is 10.2. The van der Waals surface area contributed by atoms with Crippen molar-refractivity contribution in [2.75, 3.05) is 0 Å². The number of hydrogen-bond acceptors (Lipinski definition) is 2. The zero-order valence-electron chi connectivity index (χ0n) is 5.24. The van der Waals surface area contributed by atoms with E-state index in [1.807, 2.05) is 0 Å². The van der Waals surface area contributed by atoms with Crippen molar-refractivity contribution in [3.63, 3.8) is 0 Å². The van der Waals surface area contributed by atoms with Crippen molar-refractivity contribution >= 4 is 12.2 Å². The summed E-state index contributed by atoms with van der Waals surface area (Å²) in [6.45, 7) is 1.80. The Labute approximate surface area is 53.4 Å². The van der Waals surface area contributed by atoms with Gasteiger partial charge in [-0.05, 0) is 19.6 Å². The fraction of sp³-hybridized carbons (Fsp3) is 0.667. The van der Waals surface area contributed by atoms with Gasteiger partial charge in [-0.1, -0.05) is 0 Å². The first-order chi connectivity index (χ1) is 4.25. The van der Waals surface area contributed by atoms with Crippen molar-refractivity contribution in [2.45, 2.75) is 19.4 Å².